The van der Waals surface area contributed by atoms with Gasteiger partial charge in [0.25, 0.3) is 0 Å². The Bertz CT molecular complexity index is 416. The summed E-state index contributed by atoms with van der Waals surface area (Å²) in [5.41, 5.74) is 1.93. The summed E-state index contributed by atoms with van der Waals surface area (Å²) < 4.78 is 10.3. The number of hydrogen-bond donors (Lipinski definition) is 2. The molecule has 1 aromatic rings. The van der Waals surface area contributed by atoms with E-state index >= 15 is 0 Å². The normalized spacial score (nSPS) is 18.6. The van der Waals surface area contributed by atoms with Crippen LogP contribution in [0.3, 0.4) is 0 Å². The first kappa shape index (κ1) is 13.0. The fourth-order valence-electron chi connectivity index (χ4n) is 2.13. The highest BCUT2D eigenvalue weighted by Gasteiger charge is 2.26. The molecule has 1 unspecified atom stereocenters. The molecule has 1 heterocycles. The number of nitrogens with zero attached hydrogens (tertiary/aromatic N) is 1. The summed E-state index contributed by atoms with van der Waals surface area (Å²) in [7, 11) is 1.63. The number of H-pyrrole nitrogens is 1. The highest BCUT2D eigenvalue weighted by atomic mass is 16.5. The van der Waals surface area contributed by atoms with E-state index in [-0.39, 0.29) is 5.92 Å². The van der Waals surface area contributed by atoms with Gasteiger partial charge in [-0.25, -0.2) is 4.98 Å². The summed E-state index contributed by atoms with van der Waals surface area (Å²) in [6.45, 7) is 1.50. The molecule has 6 nitrogen and oxygen atoms in total. The average molecular weight is 254 g/mol. The monoisotopic (exact) mass is 254 g/mol. The van der Waals surface area contributed by atoms with Crippen molar-refractivity contribution in [3.05, 3.63) is 17.2 Å². The van der Waals surface area contributed by atoms with Crippen LogP contribution in [0.5, 0.6) is 0 Å². The molecule has 18 heavy (non-hydrogen) atoms. The summed E-state index contributed by atoms with van der Waals surface area (Å²) in [6.07, 6.45) is 1.92. The Morgan fingerprint density at radius 3 is 3.11 bits per heavy atom. The fourth-order valence-corrected chi connectivity index (χ4v) is 2.13. The van der Waals surface area contributed by atoms with Crippen molar-refractivity contribution < 1.29 is 19.4 Å². The number of carboxylic acid groups (broad SMARTS) is 1. The third kappa shape index (κ3) is 3.08. The second kappa shape index (κ2) is 5.97. The van der Waals surface area contributed by atoms with E-state index in [4.69, 9.17) is 14.6 Å². The van der Waals surface area contributed by atoms with Gasteiger partial charge in [0.15, 0.2) is 0 Å². The molecule has 0 saturated carbocycles. The summed E-state index contributed by atoms with van der Waals surface area (Å²) in [4.78, 5) is 18.5. The quantitative estimate of drug-likeness (QED) is 0.732. The lowest BCUT2D eigenvalue weighted by atomic mass is 9.90. The fraction of sp³-hybridized carbons (Fsp3) is 0.667. The number of aromatic nitrogens is 2. The van der Waals surface area contributed by atoms with E-state index in [1.54, 1.807) is 7.11 Å². The summed E-state index contributed by atoms with van der Waals surface area (Å²) in [5, 5.41) is 9.00. The molecule has 1 aliphatic carbocycles. The van der Waals surface area contributed by atoms with Crippen molar-refractivity contribution >= 4 is 5.97 Å². The number of ether oxygens (including phenoxy) is 2. The maximum atomic E-state index is 10.9. The van der Waals surface area contributed by atoms with Gasteiger partial charge in [0.1, 0.15) is 12.4 Å². The van der Waals surface area contributed by atoms with Crippen molar-refractivity contribution in [1.29, 1.82) is 0 Å². The Morgan fingerprint density at radius 1 is 1.56 bits per heavy atom. The molecule has 1 atom stereocenters. The number of aliphatic carboxylic acids is 1. The average Bonchev–Trinajstić information content (AvgIpc) is 2.76. The number of rotatable bonds is 6. The number of carbonyl (C=O) groups is 1. The van der Waals surface area contributed by atoms with E-state index in [1.807, 2.05) is 0 Å². The van der Waals surface area contributed by atoms with E-state index in [2.05, 4.69) is 9.97 Å². The Kier molecular flexibility index (Phi) is 4.33. The molecule has 0 radical (unpaired) electrons. The highest BCUT2D eigenvalue weighted by Crippen LogP contribution is 2.24. The number of aryl methyl sites for hydroxylation is 1. The van der Waals surface area contributed by atoms with Crippen molar-refractivity contribution in [2.75, 3.05) is 20.3 Å². The predicted octanol–water partition coefficient (Wildman–Crippen LogP) is 0.762. The Labute approximate surface area is 105 Å². The van der Waals surface area contributed by atoms with Gasteiger partial charge < -0.3 is 19.6 Å². The zero-order valence-electron chi connectivity index (χ0n) is 10.4. The van der Waals surface area contributed by atoms with Gasteiger partial charge >= 0.3 is 5.97 Å². The van der Waals surface area contributed by atoms with Gasteiger partial charge in [-0.15, -0.1) is 0 Å². The first-order valence-corrected chi connectivity index (χ1v) is 6.07. The van der Waals surface area contributed by atoms with Crippen LogP contribution in [0.1, 0.15) is 23.6 Å². The van der Waals surface area contributed by atoms with Crippen LogP contribution in [0.25, 0.3) is 0 Å². The first-order valence-electron chi connectivity index (χ1n) is 6.07. The van der Waals surface area contributed by atoms with Crippen LogP contribution < -0.4 is 0 Å². The summed E-state index contributed by atoms with van der Waals surface area (Å²) >= 11 is 0. The standard InChI is InChI=1S/C12H18N2O4/c1-17-4-5-18-7-11-13-9-3-2-8(12(15)16)6-10(9)14-11/h8H,2-7H2,1H3,(H,13,14)(H,15,16). The van der Waals surface area contributed by atoms with Crippen LogP contribution in [0.2, 0.25) is 0 Å². The van der Waals surface area contributed by atoms with Crippen LogP contribution in [0, 0.1) is 5.92 Å². The Morgan fingerprint density at radius 2 is 2.39 bits per heavy atom. The third-order valence-electron chi connectivity index (χ3n) is 3.11. The molecule has 1 aromatic heterocycles. The molecule has 2 rings (SSSR count). The smallest absolute Gasteiger partial charge is 0.306 e. The molecule has 0 spiro atoms. The van der Waals surface area contributed by atoms with Crippen molar-refractivity contribution in [3.63, 3.8) is 0 Å². The second-order valence-electron chi connectivity index (χ2n) is 4.43. The van der Waals surface area contributed by atoms with Gasteiger partial charge in [0, 0.05) is 19.2 Å². The van der Waals surface area contributed by atoms with Gasteiger partial charge in [-0.3, -0.25) is 4.79 Å². The zero-order chi connectivity index (χ0) is 13.0. The number of aromatic amines is 1. The number of nitrogens with one attached hydrogen (secondary N) is 1. The maximum absolute atomic E-state index is 10.9. The second-order valence-corrected chi connectivity index (χ2v) is 4.43. The van der Waals surface area contributed by atoms with Crippen molar-refractivity contribution in [1.82, 2.24) is 9.97 Å². The lowest BCUT2D eigenvalue weighted by Crippen LogP contribution is -2.22. The number of fused-ring (bicyclic) bond motifs is 1. The van der Waals surface area contributed by atoms with Crippen molar-refractivity contribution in [2.45, 2.75) is 25.9 Å². The minimum atomic E-state index is -0.729. The molecule has 0 amide bonds. The lowest BCUT2D eigenvalue weighted by Gasteiger charge is -2.16. The van der Waals surface area contributed by atoms with Crippen LogP contribution in [0.4, 0.5) is 0 Å². The van der Waals surface area contributed by atoms with E-state index in [9.17, 15) is 4.79 Å². The number of carboxylic acids is 1. The van der Waals surface area contributed by atoms with Gasteiger partial charge in [-0.05, 0) is 12.8 Å². The third-order valence-corrected chi connectivity index (χ3v) is 3.11. The molecule has 0 aromatic carbocycles. The number of imidazole rings is 1. The van der Waals surface area contributed by atoms with Gasteiger partial charge in [0.05, 0.1) is 24.8 Å². The van der Waals surface area contributed by atoms with Gasteiger partial charge in [0.2, 0.25) is 0 Å². The molecule has 0 saturated heterocycles. The minimum absolute atomic E-state index is 0.291. The highest BCUT2D eigenvalue weighted by molar-refractivity contribution is 5.70. The van der Waals surface area contributed by atoms with Crippen LogP contribution >= 0.6 is 0 Å². The van der Waals surface area contributed by atoms with E-state index < -0.39 is 5.97 Å². The van der Waals surface area contributed by atoms with Crippen LogP contribution in [-0.2, 0) is 33.7 Å². The first-order chi connectivity index (χ1) is 8.70. The van der Waals surface area contributed by atoms with E-state index in [1.165, 1.54) is 0 Å². The van der Waals surface area contributed by atoms with Gasteiger partial charge in [-0.2, -0.15) is 0 Å². The largest absolute Gasteiger partial charge is 0.481 e. The molecule has 6 heteroatoms. The van der Waals surface area contributed by atoms with Gasteiger partial charge in [-0.1, -0.05) is 0 Å². The molecule has 0 bridgehead atoms. The molecule has 0 aliphatic heterocycles. The molecule has 2 N–H and O–H groups in total. The van der Waals surface area contributed by atoms with E-state index in [0.29, 0.717) is 32.7 Å². The topological polar surface area (TPSA) is 84.4 Å². The predicted molar refractivity (Wildman–Crippen MR) is 63.3 cm³/mol. The van der Waals surface area contributed by atoms with Crippen LogP contribution in [-0.4, -0.2) is 41.4 Å². The lowest BCUT2D eigenvalue weighted by molar-refractivity contribution is -0.142. The Balaban J connectivity index is 1.91. The molecular formula is C12H18N2O4. The van der Waals surface area contributed by atoms with Crippen molar-refractivity contribution in [3.8, 4) is 0 Å². The minimum Gasteiger partial charge on any atom is -0.481 e. The molecule has 1 aliphatic rings. The molecule has 0 fully saturated rings. The maximum Gasteiger partial charge on any atom is 0.306 e. The zero-order valence-corrected chi connectivity index (χ0v) is 10.4. The summed E-state index contributed by atoms with van der Waals surface area (Å²) in [5.74, 6) is -0.254. The molecular weight excluding hydrogens is 236 g/mol. The molecule has 100 valence electrons. The number of hydrogen-bond acceptors (Lipinski definition) is 4. The number of methoxy groups -OCH3 is 1. The SMILES string of the molecule is COCCOCc1nc2c([nH]1)CC(C(=O)O)CC2. The van der Waals surface area contributed by atoms with E-state index in [0.717, 1.165) is 23.6 Å². The Hall–Kier alpha value is -1.40. The van der Waals surface area contributed by atoms with Crippen LogP contribution in [0.15, 0.2) is 0 Å². The summed E-state index contributed by atoms with van der Waals surface area (Å²) in [6, 6.07) is 0. The van der Waals surface area contributed by atoms with Crippen molar-refractivity contribution in [2.24, 2.45) is 5.92 Å².